The number of rotatable bonds is 3. The molecule has 5 nitrogen and oxygen atoms in total. The highest BCUT2D eigenvalue weighted by Gasteiger charge is 2.49. The third-order valence-electron chi connectivity index (χ3n) is 6.09. The van der Waals surface area contributed by atoms with Crippen LogP contribution >= 0.6 is 0 Å². The number of ether oxygens (including phenoxy) is 1. The van der Waals surface area contributed by atoms with Crippen LogP contribution in [0.2, 0.25) is 0 Å². The molecule has 2 aliphatic rings. The molecule has 0 radical (unpaired) electrons. The van der Waals surface area contributed by atoms with Crippen LogP contribution in [0.15, 0.2) is 0 Å². The lowest BCUT2D eigenvalue weighted by atomic mass is 9.83. The van der Waals surface area contributed by atoms with Gasteiger partial charge in [0, 0.05) is 38.8 Å². The van der Waals surface area contributed by atoms with Gasteiger partial charge < -0.3 is 24.4 Å². The fourth-order valence-corrected chi connectivity index (χ4v) is 4.70. The highest BCUT2D eigenvalue weighted by Crippen LogP contribution is 2.39. The summed E-state index contributed by atoms with van der Waals surface area (Å²) < 4.78 is 6.64. The molecular weight excluding hydrogens is 280 g/mol. The normalized spacial score (nSPS) is 36.8. The number of likely N-dealkylation sites (tertiary alicyclic amines) is 1. The third kappa shape index (κ3) is 3.57. The molecule has 1 aliphatic carbocycles. The molecule has 1 saturated heterocycles. The van der Waals surface area contributed by atoms with Crippen molar-refractivity contribution in [2.24, 2.45) is 0 Å². The topological polar surface area (TPSA) is 61.4 Å². The van der Waals surface area contributed by atoms with E-state index in [-0.39, 0.29) is 11.6 Å². The summed E-state index contributed by atoms with van der Waals surface area (Å²) in [7, 11) is 1.82. The fraction of sp³-hybridized carbons (Fsp3) is 0.941. The lowest BCUT2D eigenvalue weighted by Gasteiger charge is -2.57. The minimum atomic E-state index is -1.14. The van der Waals surface area contributed by atoms with E-state index in [4.69, 9.17) is 4.74 Å². The average Bonchev–Trinajstić information content (AvgIpc) is 2.46. The van der Waals surface area contributed by atoms with Gasteiger partial charge in [-0.3, -0.25) is 0 Å². The van der Waals surface area contributed by atoms with Gasteiger partial charge in [-0.2, -0.15) is 0 Å². The number of quaternary nitrogens is 1. The van der Waals surface area contributed by atoms with Crippen LogP contribution in [0.3, 0.4) is 0 Å². The largest absolute Gasteiger partial charge is 0.530 e. The Kier molecular flexibility index (Phi) is 5.38. The molecule has 22 heavy (non-hydrogen) atoms. The summed E-state index contributed by atoms with van der Waals surface area (Å²) in [6.07, 6.45) is 5.85. The number of nitrogens with one attached hydrogen (secondary N) is 1. The first-order valence-corrected chi connectivity index (χ1v) is 8.65. The number of nitrogens with zero attached hydrogens (tertiary/aromatic N) is 1. The molecule has 2 fully saturated rings. The number of carbonyl (C=O) groups is 1. The van der Waals surface area contributed by atoms with Crippen LogP contribution < -0.4 is 10.4 Å². The van der Waals surface area contributed by atoms with E-state index >= 15 is 0 Å². The van der Waals surface area contributed by atoms with E-state index in [9.17, 15) is 9.90 Å². The lowest BCUT2D eigenvalue weighted by Crippen LogP contribution is -2.70. The van der Waals surface area contributed by atoms with Gasteiger partial charge in [-0.1, -0.05) is 0 Å². The Labute approximate surface area is 134 Å². The molecule has 128 valence electrons. The van der Waals surface area contributed by atoms with E-state index in [0.717, 1.165) is 43.3 Å². The van der Waals surface area contributed by atoms with Gasteiger partial charge in [-0.05, 0) is 33.6 Å². The van der Waals surface area contributed by atoms with Crippen molar-refractivity contribution in [3.05, 3.63) is 0 Å². The number of hydrogen-bond donors (Lipinski definition) is 1. The summed E-state index contributed by atoms with van der Waals surface area (Å²) in [5.41, 5.74) is 0.191. The lowest BCUT2D eigenvalue weighted by molar-refractivity contribution is -0.997. The highest BCUT2D eigenvalue weighted by atomic mass is 16.5. The molecule has 0 aromatic carbocycles. The van der Waals surface area contributed by atoms with E-state index < -0.39 is 6.09 Å². The predicted molar refractivity (Wildman–Crippen MR) is 84.4 cm³/mol. The molecule has 0 aromatic heterocycles. The van der Waals surface area contributed by atoms with Crippen LogP contribution in [-0.2, 0) is 4.74 Å². The maximum atomic E-state index is 10.8. The molecular formula is C17H32N2O3. The van der Waals surface area contributed by atoms with E-state index in [1.807, 2.05) is 7.11 Å². The van der Waals surface area contributed by atoms with Crippen molar-refractivity contribution in [3.8, 4) is 0 Å². The Balaban J connectivity index is 2.06. The number of piperidine rings is 1. The number of methoxy groups -OCH3 is 1. The van der Waals surface area contributed by atoms with Gasteiger partial charge in [0.2, 0.25) is 0 Å². The zero-order valence-corrected chi connectivity index (χ0v) is 14.6. The average molecular weight is 312 g/mol. The standard InChI is InChI=1S/C17H32N2O3/c1-17(2,3)19(14-5-7-15(22-4)8-6-14)11-9-13(10-12-19)18-16(20)21/h13-15,18H,5-12H2,1-4H3. The summed E-state index contributed by atoms with van der Waals surface area (Å²) >= 11 is 0. The Hall–Kier alpha value is -0.810. The number of carbonyl (C=O) groups excluding carboxylic acids is 1. The molecule has 1 amide bonds. The first-order chi connectivity index (χ1) is 10.3. The summed E-state index contributed by atoms with van der Waals surface area (Å²) in [5.74, 6) is 0. The molecule has 2 rings (SSSR count). The first-order valence-electron chi connectivity index (χ1n) is 8.65. The Morgan fingerprint density at radius 1 is 1.09 bits per heavy atom. The first kappa shape index (κ1) is 17.5. The van der Waals surface area contributed by atoms with Crippen molar-refractivity contribution >= 4 is 6.09 Å². The van der Waals surface area contributed by atoms with Crippen molar-refractivity contribution in [2.75, 3.05) is 20.2 Å². The predicted octanol–water partition coefficient (Wildman–Crippen LogP) is 1.65. The number of amides is 1. The van der Waals surface area contributed by atoms with Crippen LogP contribution in [0.4, 0.5) is 4.79 Å². The molecule has 1 heterocycles. The molecule has 1 aliphatic heterocycles. The van der Waals surface area contributed by atoms with Gasteiger partial charge in [0.15, 0.2) is 0 Å². The molecule has 0 bridgehead atoms. The molecule has 1 saturated carbocycles. The van der Waals surface area contributed by atoms with E-state index in [1.54, 1.807) is 0 Å². The van der Waals surface area contributed by atoms with Crippen LogP contribution in [0.1, 0.15) is 59.3 Å². The van der Waals surface area contributed by atoms with Crippen molar-refractivity contribution in [3.63, 3.8) is 0 Å². The van der Waals surface area contributed by atoms with Gasteiger partial charge >= 0.3 is 0 Å². The Morgan fingerprint density at radius 2 is 1.64 bits per heavy atom. The Bertz CT molecular complexity index is 376. The summed E-state index contributed by atoms with van der Waals surface area (Å²) in [5, 5.41) is 13.3. The van der Waals surface area contributed by atoms with E-state index in [0.29, 0.717) is 12.1 Å². The maximum absolute atomic E-state index is 10.8. The van der Waals surface area contributed by atoms with Crippen LogP contribution in [0, 0.1) is 0 Å². The zero-order valence-electron chi connectivity index (χ0n) is 14.6. The second-order valence-corrected chi connectivity index (χ2v) is 8.02. The van der Waals surface area contributed by atoms with Gasteiger partial charge in [-0.15, -0.1) is 0 Å². The van der Waals surface area contributed by atoms with Gasteiger partial charge in [-0.25, -0.2) is 0 Å². The number of hydrogen-bond acceptors (Lipinski definition) is 3. The summed E-state index contributed by atoms with van der Waals surface area (Å²) in [4.78, 5) is 10.8. The summed E-state index contributed by atoms with van der Waals surface area (Å²) in [6, 6.07) is 0.740. The zero-order chi connectivity index (χ0) is 16.4. The molecule has 0 aromatic rings. The van der Waals surface area contributed by atoms with Gasteiger partial charge in [0.1, 0.15) is 6.09 Å². The molecule has 1 N–H and O–H groups in total. The van der Waals surface area contributed by atoms with Crippen molar-refractivity contribution in [2.45, 2.75) is 83.0 Å². The van der Waals surface area contributed by atoms with Crippen molar-refractivity contribution in [1.29, 1.82) is 0 Å². The third-order valence-corrected chi connectivity index (χ3v) is 6.09. The smallest absolute Gasteiger partial charge is 0.134 e. The van der Waals surface area contributed by atoms with Crippen LogP contribution in [0.5, 0.6) is 0 Å². The minimum absolute atomic E-state index is 0.0638. The molecule has 0 unspecified atom stereocenters. The Morgan fingerprint density at radius 3 is 2.05 bits per heavy atom. The number of carboxylic acid groups (broad SMARTS) is 1. The maximum Gasteiger partial charge on any atom is 0.134 e. The van der Waals surface area contributed by atoms with Crippen molar-refractivity contribution in [1.82, 2.24) is 5.32 Å². The van der Waals surface area contributed by atoms with Gasteiger partial charge in [0.05, 0.1) is 30.8 Å². The monoisotopic (exact) mass is 312 g/mol. The highest BCUT2D eigenvalue weighted by molar-refractivity contribution is 5.62. The fourth-order valence-electron chi connectivity index (χ4n) is 4.70. The SMILES string of the molecule is COC1CCC([N+]2(C(C)(C)C)CCC(NC(=O)[O-])CC2)CC1. The van der Waals surface area contributed by atoms with E-state index in [2.05, 4.69) is 26.1 Å². The summed E-state index contributed by atoms with van der Waals surface area (Å²) in [6.45, 7) is 9.11. The second kappa shape index (κ2) is 6.75. The molecule has 0 atom stereocenters. The quantitative estimate of drug-likeness (QED) is 0.806. The van der Waals surface area contributed by atoms with E-state index in [1.165, 1.54) is 12.8 Å². The van der Waals surface area contributed by atoms with Crippen molar-refractivity contribution < 1.29 is 19.1 Å². The van der Waals surface area contributed by atoms with Gasteiger partial charge in [0.25, 0.3) is 0 Å². The van der Waals surface area contributed by atoms with Crippen LogP contribution in [-0.4, -0.2) is 54.5 Å². The van der Waals surface area contributed by atoms with Crippen LogP contribution in [0.25, 0.3) is 0 Å². The molecule has 5 heteroatoms. The minimum Gasteiger partial charge on any atom is -0.530 e. The second-order valence-electron chi connectivity index (χ2n) is 8.02. The molecule has 0 spiro atoms.